The molecule has 1 heterocycles. The number of piperidine rings is 1. The van der Waals surface area contributed by atoms with Gasteiger partial charge in [-0.15, -0.1) is 0 Å². The third-order valence-corrected chi connectivity index (χ3v) is 5.45. The second-order valence-electron chi connectivity index (χ2n) is 6.95. The fourth-order valence-electron chi connectivity index (χ4n) is 3.32. The number of nitrogens with one attached hydrogen (secondary N) is 1. The van der Waals surface area contributed by atoms with Gasteiger partial charge in [0.05, 0.1) is 5.92 Å². The van der Waals surface area contributed by atoms with Gasteiger partial charge in [-0.3, -0.25) is 0 Å². The van der Waals surface area contributed by atoms with Crippen molar-refractivity contribution in [1.82, 2.24) is 10.2 Å². The van der Waals surface area contributed by atoms with Crippen molar-refractivity contribution in [1.29, 1.82) is 0 Å². The zero-order valence-electron chi connectivity index (χ0n) is 13.3. The van der Waals surface area contributed by atoms with Crippen molar-refractivity contribution in [2.24, 2.45) is 11.3 Å². The number of alkyl halides is 3. The standard InChI is InChI=1S/C16H29F3N2/c1-3-15(4-2,11-20-14-5-6-14)12-21-9-7-13(8-10-21)16(17,18)19/h13-14,20H,3-12H2,1-2H3. The first-order valence-corrected chi connectivity index (χ1v) is 8.41. The lowest BCUT2D eigenvalue weighted by Crippen LogP contribution is -2.47. The van der Waals surface area contributed by atoms with Gasteiger partial charge in [0.15, 0.2) is 0 Å². The van der Waals surface area contributed by atoms with Crippen LogP contribution in [0.25, 0.3) is 0 Å². The largest absolute Gasteiger partial charge is 0.391 e. The van der Waals surface area contributed by atoms with Gasteiger partial charge >= 0.3 is 6.18 Å². The Morgan fingerprint density at radius 2 is 1.57 bits per heavy atom. The highest BCUT2D eigenvalue weighted by Crippen LogP contribution is 2.36. The number of likely N-dealkylation sites (tertiary alicyclic amines) is 1. The molecule has 2 fully saturated rings. The highest BCUT2D eigenvalue weighted by molar-refractivity contribution is 4.89. The molecule has 124 valence electrons. The lowest BCUT2D eigenvalue weighted by atomic mass is 9.80. The number of rotatable bonds is 7. The quantitative estimate of drug-likeness (QED) is 0.769. The van der Waals surface area contributed by atoms with Gasteiger partial charge in [0, 0.05) is 19.1 Å². The van der Waals surface area contributed by atoms with Gasteiger partial charge in [-0.2, -0.15) is 13.2 Å². The summed E-state index contributed by atoms with van der Waals surface area (Å²) in [7, 11) is 0. The van der Waals surface area contributed by atoms with Gasteiger partial charge in [-0.25, -0.2) is 0 Å². The van der Waals surface area contributed by atoms with E-state index in [1.54, 1.807) is 0 Å². The first kappa shape index (κ1) is 17.1. The Morgan fingerprint density at radius 3 is 2.00 bits per heavy atom. The predicted molar refractivity (Wildman–Crippen MR) is 79.3 cm³/mol. The minimum absolute atomic E-state index is 0.216. The molecule has 0 radical (unpaired) electrons. The maximum Gasteiger partial charge on any atom is 0.391 e. The zero-order valence-corrected chi connectivity index (χ0v) is 13.3. The molecule has 0 unspecified atom stereocenters. The average Bonchev–Trinajstić information content (AvgIpc) is 3.27. The van der Waals surface area contributed by atoms with Gasteiger partial charge in [0.25, 0.3) is 0 Å². The highest BCUT2D eigenvalue weighted by atomic mass is 19.4. The second kappa shape index (κ2) is 6.86. The molecule has 0 aromatic carbocycles. The van der Waals surface area contributed by atoms with E-state index in [0.29, 0.717) is 19.1 Å². The Hall–Kier alpha value is -0.290. The molecule has 0 atom stereocenters. The Morgan fingerprint density at radius 1 is 1.00 bits per heavy atom. The van der Waals surface area contributed by atoms with E-state index >= 15 is 0 Å². The van der Waals surface area contributed by atoms with E-state index in [-0.39, 0.29) is 18.3 Å². The minimum Gasteiger partial charge on any atom is -0.313 e. The van der Waals surface area contributed by atoms with E-state index in [1.807, 2.05) is 0 Å². The summed E-state index contributed by atoms with van der Waals surface area (Å²) in [5.41, 5.74) is 0.216. The molecule has 0 aromatic rings. The molecule has 1 saturated carbocycles. The molecule has 5 heteroatoms. The number of hydrogen-bond donors (Lipinski definition) is 1. The molecule has 0 amide bonds. The molecular formula is C16H29F3N2. The summed E-state index contributed by atoms with van der Waals surface area (Å²) in [6.45, 7) is 7.54. The molecule has 0 spiro atoms. The summed E-state index contributed by atoms with van der Waals surface area (Å²) >= 11 is 0. The number of halogens is 3. The molecule has 0 bridgehead atoms. The first-order valence-electron chi connectivity index (χ1n) is 8.41. The number of hydrogen-bond acceptors (Lipinski definition) is 2. The van der Waals surface area contributed by atoms with Crippen LogP contribution in [0.15, 0.2) is 0 Å². The average molecular weight is 306 g/mol. The molecule has 1 aliphatic heterocycles. The molecule has 2 aliphatic rings. The van der Waals surface area contributed by atoms with E-state index in [1.165, 1.54) is 12.8 Å². The van der Waals surface area contributed by atoms with Crippen LogP contribution >= 0.6 is 0 Å². The molecule has 2 nitrogen and oxygen atoms in total. The molecular weight excluding hydrogens is 277 g/mol. The van der Waals surface area contributed by atoms with Crippen LogP contribution in [-0.2, 0) is 0 Å². The fraction of sp³-hybridized carbons (Fsp3) is 1.00. The van der Waals surface area contributed by atoms with Crippen LogP contribution in [0.5, 0.6) is 0 Å². The Bertz CT molecular complexity index is 314. The Labute approximate surface area is 126 Å². The molecule has 0 aromatic heterocycles. The van der Waals surface area contributed by atoms with Crippen LogP contribution in [-0.4, -0.2) is 43.3 Å². The molecule has 21 heavy (non-hydrogen) atoms. The first-order chi connectivity index (χ1) is 9.88. The SMILES string of the molecule is CCC(CC)(CNC1CC1)CN1CCC(C(F)(F)F)CC1. The van der Waals surface area contributed by atoms with Crippen molar-refractivity contribution in [2.45, 2.75) is 64.6 Å². The van der Waals surface area contributed by atoms with Crippen molar-refractivity contribution in [2.75, 3.05) is 26.2 Å². The van der Waals surface area contributed by atoms with Crippen LogP contribution < -0.4 is 5.32 Å². The van der Waals surface area contributed by atoms with Crippen LogP contribution in [0.1, 0.15) is 52.4 Å². The topological polar surface area (TPSA) is 15.3 Å². The normalized spacial score (nSPS) is 22.7. The lowest BCUT2D eigenvalue weighted by Gasteiger charge is -2.41. The van der Waals surface area contributed by atoms with Gasteiger partial charge in [0.1, 0.15) is 0 Å². The van der Waals surface area contributed by atoms with Crippen molar-refractivity contribution in [3.63, 3.8) is 0 Å². The van der Waals surface area contributed by atoms with E-state index in [2.05, 4.69) is 24.1 Å². The van der Waals surface area contributed by atoms with Crippen molar-refractivity contribution in [3.8, 4) is 0 Å². The van der Waals surface area contributed by atoms with Gasteiger partial charge in [0.2, 0.25) is 0 Å². The summed E-state index contributed by atoms with van der Waals surface area (Å²) in [4.78, 5) is 2.25. The summed E-state index contributed by atoms with van der Waals surface area (Å²) in [6.07, 6.45) is 1.25. The second-order valence-corrected chi connectivity index (χ2v) is 6.95. The van der Waals surface area contributed by atoms with E-state index < -0.39 is 12.1 Å². The van der Waals surface area contributed by atoms with Crippen LogP contribution in [0.3, 0.4) is 0 Å². The molecule has 1 N–H and O–H groups in total. The van der Waals surface area contributed by atoms with Gasteiger partial charge in [-0.05, 0) is 57.0 Å². The molecule has 1 saturated heterocycles. The summed E-state index contributed by atoms with van der Waals surface area (Å²) in [5, 5.41) is 3.62. The van der Waals surface area contributed by atoms with Crippen molar-refractivity contribution < 1.29 is 13.2 Å². The summed E-state index contributed by atoms with van der Waals surface area (Å²) < 4.78 is 38.2. The monoisotopic (exact) mass is 306 g/mol. The van der Waals surface area contributed by atoms with Crippen LogP contribution in [0.4, 0.5) is 13.2 Å². The third-order valence-electron chi connectivity index (χ3n) is 5.45. The van der Waals surface area contributed by atoms with Crippen LogP contribution in [0, 0.1) is 11.3 Å². The summed E-state index contributed by atoms with van der Waals surface area (Å²) in [5.74, 6) is -1.09. The van der Waals surface area contributed by atoms with Crippen LogP contribution in [0.2, 0.25) is 0 Å². The molecule has 1 aliphatic carbocycles. The van der Waals surface area contributed by atoms with E-state index in [9.17, 15) is 13.2 Å². The third kappa shape index (κ3) is 4.85. The van der Waals surface area contributed by atoms with E-state index in [0.717, 1.165) is 25.9 Å². The predicted octanol–water partition coefficient (Wildman–Crippen LogP) is 3.82. The fourth-order valence-corrected chi connectivity index (χ4v) is 3.32. The smallest absolute Gasteiger partial charge is 0.313 e. The van der Waals surface area contributed by atoms with E-state index in [4.69, 9.17) is 0 Å². The maximum absolute atomic E-state index is 12.7. The number of nitrogens with zero attached hydrogens (tertiary/aromatic N) is 1. The molecule has 2 rings (SSSR count). The lowest BCUT2D eigenvalue weighted by molar-refractivity contribution is -0.185. The van der Waals surface area contributed by atoms with Crippen molar-refractivity contribution >= 4 is 0 Å². The van der Waals surface area contributed by atoms with Gasteiger partial charge in [-0.1, -0.05) is 13.8 Å². The summed E-state index contributed by atoms with van der Waals surface area (Å²) in [6, 6.07) is 0.693. The minimum atomic E-state index is -4.01. The Kier molecular flexibility index (Phi) is 5.58. The van der Waals surface area contributed by atoms with Crippen molar-refractivity contribution in [3.05, 3.63) is 0 Å². The maximum atomic E-state index is 12.7. The van der Waals surface area contributed by atoms with Gasteiger partial charge < -0.3 is 10.2 Å². The highest BCUT2D eigenvalue weighted by Gasteiger charge is 2.42. The Balaban J connectivity index is 1.83. The zero-order chi connectivity index (χ0) is 15.5.